The third-order valence-corrected chi connectivity index (χ3v) is 6.14. The number of rotatable bonds is 4. The van der Waals surface area contributed by atoms with Crippen LogP contribution in [0.2, 0.25) is 0 Å². The molecule has 0 unspecified atom stereocenters. The van der Waals surface area contributed by atoms with E-state index in [-0.39, 0.29) is 17.6 Å². The Bertz CT molecular complexity index is 1420. The normalized spacial score (nSPS) is 15.2. The zero-order valence-electron chi connectivity index (χ0n) is 17.3. The number of ether oxygens (including phenoxy) is 1. The van der Waals surface area contributed by atoms with Gasteiger partial charge in [0, 0.05) is 17.7 Å². The molecule has 1 amide bonds. The van der Waals surface area contributed by atoms with Gasteiger partial charge in [0.2, 0.25) is 4.96 Å². The van der Waals surface area contributed by atoms with E-state index in [1.54, 1.807) is 4.90 Å². The van der Waals surface area contributed by atoms with Crippen molar-refractivity contribution in [3.63, 3.8) is 0 Å². The van der Waals surface area contributed by atoms with E-state index >= 15 is 0 Å². The molecule has 0 spiro atoms. The van der Waals surface area contributed by atoms with Gasteiger partial charge in [0.05, 0.1) is 17.4 Å². The van der Waals surface area contributed by atoms with Crippen LogP contribution in [0.25, 0.3) is 21.9 Å². The quantitative estimate of drug-likeness (QED) is 0.496. The number of hydrogen-bond donors (Lipinski definition) is 0. The Hall–Kier alpha value is -3.52. The Balaban J connectivity index is 1.61. The first-order chi connectivity index (χ1) is 15.0. The smallest absolute Gasteiger partial charge is 0.291 e. The molecular formula is C23H20N4O3S. The molecule has 7 nitrogen and oxygen atoms in total. The van der Waals surface area contributed by atoms with Gasteiger partial charge in [0.1, 0.15) is 10.3 Å². The van der Waals surface area contributed by atoms with Gasteiger partial charge < -0.3 is 9.64 Å². The molecule has 0 atom stereocenters. The van der Waals surface area contributed by atoms with Crippen LogP contribution in [0, 0.1) is 0 Å². The summed E-state index contributed by atoms with van der Waals surface area (Å²) in [5.74, 6) is 1.07. The molecule has 4 aromatic rings. The summed E-state index contributed by atoms with van der Waals surface area (Å²) < 4.78 is 7.32. The molecule has 3 heterocycles. The first-order valence-corrected chi connectivity index (χ1v) is 10.9. The number of fused-ring (bicyclic) bond motifs is 2. The first kappa shape index (κ1) is 19.4. The fraction of sp³-hybridized carbons (Fsp3) is 0.217. The molecule has 1 aliphatic heterocycles. The van der Waals surface area contributed by atoms with E-state index in [1.165, 1.54) is 15.9 Å². The Morgan fingerprint density at radius 1 is 1.06 bits per heavy atom. The third kappa shape index (κ3) is 3.11. The summed E-state index contributed by atoms with van der Waals surface area (Å²) in [6.07, 6.45) is 0.0907. The molecule has 5 rings (SSSR count). The average molecular weight is 433 g/mol. The highest BCUT2D eigenvalue weighted by molar-refractivity contribution is 7.15. The number of benzene rings is 2. The van der Waals surface area contributed by atoms with E-state index < -0.39 is 0 Å². The molecule has 0 bridgehead atoms. The lowest BCUT2D eigenvalue weighted by Crippen LogP contribution is -2.32. The number of thiazole rings is 1. The van der Waals surface area contributed by atoms with Crippen LogP contribution in [0.3, 0.4) is 0 Å². The minimum atomic E-state index is -0.324. The van der Waals surface area contributed by atoms with Crippen molar-refractivity contribution in [2.75, 3.05) is 11.4 Å². The number of anilines is 1. The molecule has 1 aliphatic rings. The van der Waals surface area contributed by atoms with E-state index in [1.807, 2.05) is 69.3 Å². The van der Waals surface area contributed by atoms with Gasteiger partial charge in [-0.3, -0.25) is 9.59 Å². The molecule has 8 heteroatoms. The van der Waals surface area contributed by atoms with Crippen molar-refractivity contribution in [1.29, 1.82) is 0 Å². The number of likely N-dealkylation sites (N-methyl/N-ethyl adjacent to an activating group) is 1. The van der Waals surface area contributed by atoms with Gasteiger partial charge in [-0.2, -0.15) is 9.50 Å². The Kier molecular flexibility index (Phi) is 4.59. The van der Waals surface area contributed by atoms with Crippen LogP contribution in [0.4, 0.5) is 5.69 Å². The van der Waals surface area contributed by atoms with Gasteiger partial charge in [-0.25, -0.2) is 0 Å². The fourth-order valence-electron chi connectivity index (χ4n) is 3.78. The summed E-state index contributed by atoms with van der Waals surface area (Å²) in [5, 5.41) is 4.41. The number of para-hydroxylation sites is 1. The summed E-state index contributed by atoms with van der Waals surface area (Å²) in [4.78, 5) is 32.9. The first-order valence-electron chi connectivity index (χ1n) is 10.1. The van der Waals surface area contributed by atoms with Crippen molar-refractivity contribution in [2.24, 2.45) is 0 Å². The predicted molar refractivity (Wildman–Crippen MR) is 121 cm³/mol. The molecule has 0 N–H and O–H groups in total. The monoisotopic (exact) mass is 432 g/mol. The van der Waals surface area contributed by atoms with Gasteiger partial charge in [0.25, 0.3) is 11.5 Å². The van der Waals surface area contributed by atoms with Gasteiger partial charge in [-0.1, -0.05) is 29.5 Å². The molecule has 31 heavy (non-hydrogen) atoms. The summed E-state index contributed by atoms with van der Waals surface area (Å²) >= 11 is 1.20. The largest absolute Gasteiger partial charge is 0.491 e. The SMILES string of the molecule is CCN1C(=O)/C(=c2\sc3nc(-c4ccc(OC(C)C)cc4)nn3c2=O)c2ccccc21. The highest BCUT2D eigenvalue weighted by atomic mass is 32.1. The number of carbonyl (C=O) groups excluding carboxylic acids is 1. The van der Waals surface area contributed by atoms with Crippen molar-refractivity contribution in [3.8, 4) is 17.1 Å². The lowest BCUT2D eigenvalue weighted by atomic mass is 10.1. The molecule has 0 saturated heterocycles. The Morgan fingerprint density at radius 2 is 1.81 bits per heavy atom. The second-order valence-electron chi connectivity index (χ2n) is 7.50. The third-order valence-electron chi connectivity index (χ3n) is 5.11. The maximum absolute atomic E-state index is 13.1. The van der Waals surface area contributed by atoms with Gasteiger partial charge in [-0.05, 0) is 51.1 Å². The van der Waals surface area contributed by atoms with Crippen molar-refractivity contribution < 1.29 is 9.53 Å². The Morgan fingerprint density at radius 3 is 2.48 bits per heavy atom. The number of carbonyl (C=O) groups is 1. The minimum Gasteiger partial charge on any atom is -0.491 e. The lowest BCUT2D eigenvalue weighted by molar-refractivity contribution is -0.113. The summed E-state index contributed by atoms with van der Waals surface area (Å²) in [6, 6.07) is 15.0. The zero-order valence-corrected chi connectivity index (χ0v) is 18.1. The van der Waals surface area contributed by atoms with Crippen LogP contribution in [0.5, 0.6) is 5.75 Å². The molecule has 2 aromatic carbocycles. The van der Waals surface area contributed by atoms with E-state index in [0.29, 0.717) is 27.4 Å². The average Bonchev–Trinajstić information content (AvgIpc) is 3.38. The highest BCUT2D eigenvalue weighted by Crippen LogP contribution is 2.34. The summed E-state index contributed by atoms with van der Waals surface area (Å²) in [7, 11) is 0. The maximum Gasteiger partial charge on any atom is 0.291 e. The van der Waals surface area contributed by atoms with Crippen LogP contribution in [0.15, 0.2) is 53.3 Å². The van der Waals surface area contributed by atoms with Crippen molar-refractivity contribution in [1.82, 2.24) is 14.6 Å². The predicted octanol–water partition coefficient (Wildman–Crippen LogP) is 2.89. The van der Waals surface area contributed by atoms with Crippen molar-refractivity contribution >= 4 is 33.5 Å². The Labute approximate surface area is 182 Å². The maximum atomic E-state index is 13.1. The van der Waals surface area contributed by atoms with Crippen LogP contribution < -0.4 is 19.7 Å². The van der Waals surface area contributed by atoms with Crippen LogP contribution >= 0.6 is 11.3 Å². The lowest BCUT2D eigenvalue weighted by Gasteiger charge is -2.13. The molecule has 0 aliphatic carbocycles. The van der Waals surface area contributed by atoms with E-state index in [9.17, 15) is 9.59 Å². The molecule has 156 valence electrons. The van der Waals surface area contributed by atoms with Crippen LogP contribution in [-0.2, 0) is 4.79 Å². The van der Waals surface area contributed by atoms with E-state index in [4.69, 9.17) is 4.74 Å². The molecule has 0 fully saturated rings. The number of aromatic nitrogens is 3. The molecular weight excluding hydrogens is 412 g/mol. The number of nitrogens with zero attached hydrogens (tertiary/aromatic N) is 4. The number of amides is 1. The van der Waals surface area contributed by atoms with E-state index in [2.05, 4.69) is 10.1 Å². The summed E-state index contributed by atoms with van der Waals surface area (Å²) in [5.41, 5.74) is 2.50. The van der Waals surface area contributed by atoms with Crippen molar-refractivity contribution in [3.05, 3.63) is 69.0 Å². The minimum absolute atomic E-state index is 0.0907. The standard InChI is InChI=1S/C23H20N4O3S/c1-4-26-17-8-6-5-7-16(17)18(21(26)28)19-22(29)27-23(31-19)24-20(25-27)14-9-11-15(12-10-14)30-13(2)3/h5-13H,4H2,1-3H3/b19-18-. The second kappa shape index (κ2) is 7.31. The van der Waals surface area contributed by atoms with Crippen molar-refractivity contribution in [2.45, 2.75) is 26.9 Å². The molecule has 2 aromatic heterocycles. The summed E-state index contributed by atoms with van der Waals surface area (Å²) in [6.45, 7) is 6.40. The highest BCUT2D eigenvalue weighted by Gasteiger charge is 2.33. The molecule has 0 radical (unpaired) electrons. The van der Waals surface area contributed by atoms with Crippen LogP contribution in [-0.4, -0.2) is 33.2 Å². The van der Waals surface area contributed by atoms with Gasteiger partial charge in [-0.15, -0.1) is 5.10 Å². The van der Waals surface area contributed by atoms with Gasteiger partial charge in [0.15, 0.2) is 5.82 Å². The number of hydrogen-bond acceptors (Lipinski definition) is 6. The zero-order chi connectivity index (χ0) is 21.7. The van der Waals surface area contributed by atoms with Crippen LogP contribution in [0.1, 0.15) is 26.3 Å². The second-order valence-corrected chi connectivity index (χ2v) is 8.48. The van der Waals surface area contributed by atoms with Gasteiger partial charge >= 0.3 is 0 Å². The topological polar surface area (TPSA) is 76.8 Å². The van der Waals surface area contributed by atoms with E-state index in [0.717, 1.165) is 22.6 Å². The molecule has 0 saturated carbocycles. The fourth-order valence-corrected chi connectivity index (χ4v) is 4.77.